The number of amides is 1. The zero-order chi connectivity index (χ0) is 18.9. The Morgan fingerprint density at radius 2 is 2.11 bits per heavy atom. The molecule has 2 aliphatic rings. The van der Waals surface area contributed by atoms with E-state index in [1.54, 1.807) is 11.1 Å². The zero-order valence-corrected chi connectivity index (χ0v) is 14.7. The van der Waals surface area contributed by atoms with E-state index in [4.69, 9.17) is 9.47 Å². The number of benzene rings is 1. The molecule has 142 valence electrons. The Bertz CT molecular complexity index is 825. The van der Waals surface area contributed by atoms with Crippen LogP contribution in [0, 0.1) is 17.6 Å². The van der Waals surface area contributed by atoms with Crippen LogP contribution in [0.4, 0.5) is 8.78 Å². The smallest absolute Gasteiger partial charge is 0.254 e. The lowest BCUT2D eigenvalue weighted by Crippen LogP contribution is -2.66. The Balaban J connectivity index is 1.33. The Labute approximate surface area is 155 Å². The van der Waals surface area contributed by atoms with Gasteiger partial charge in [0.05, 0.1) is 19.7 Å². The molecule has 2 fully saturated rings. The molecule has 1 unspecified atom stereocenters. The quantitative estimate of drug-likeness (QED) is 0.807. The molecular formula is C20H20F2N2O3. The molecule has 0 saturated carbocycles. The first-order valence-corrected chi connectivity index (χ1v) is 8.99. The van der Waals surface area contributed by atoms with Gasteiger partial charge in [0.2, 0.25) is 5.88 Å². The first-order chi connectivity index (χ1) is 13.1. The topological polar surface area (TPSA) is 51.7 Å². The van der Waals surface area contributed by atoms with E-state index in [2.05, 4.69) is 4.98 Å². The highest BCUT2D eigenvalue weighted by Gasteiger charge is 2.54. The summed E-state index contributed by atoms with van der Waals surface area (Å²) in [7, 11) is 0. The third-order valence-electron chi connectivity index (χ3n) is 5.32. The van der Waals surface area contributed by atoms with Crippen LogP contribution in [0.2, 0.25) is 0 Å². The molecule has 1 atom stereocenters. The molecule has 2 saturated heterocycles. The third-order valence-corrected chi connectivity index (χ3v) is 5.32. The molecule has 0 bridgehead atoms. The first-order valence-electron chi connectivity index (χ1n) is 8.99. The molecule has 2 aliphatic heterocycles. The van der Waals surface area contributed by atoms with Crippen LogP contribution >= 0.6 is 0 Å². The highest BCUT2D eigenvalue weighted by molar-refractivity contribution is 5.95. The number of carbonyl (C=O) groups excluding carboxylic acids is 1. The summed E-state index contributed by atoms with van der Waals surface area (Å²) in [6, 6.07) is 8.74. The summed E-state index contributed by atoms with van der Waals surface area (Å²) >= 11 is 0. The van der Waals surface area contributed by atoms with Gasteiger partial charge in [-0.05, 0) is 43.0 Å². The molecule has 2 aromatic rings. The second kappa shape index (κ2) is 7.23. The van der Waals surface area contributed by atoms with Crippen molar-refractivity contribution in [3.63, 3.8) is 0 Å². The van der Waals surface area contributed by atoms with Crippen molar-refractivity contribution in [2.75, 3.05) is 26.3 Å². The summed E-state index contributed by atoms with van der Waals surface area (Å²) in [4.78, 5) is 18.2. The molecular weight excluding hydrogens is 354 g/mol. The largest absolute Gasteiger partial charge is 0.478 e. The number of hydrogen-bond donors (Lipinski definition) is 0. The highest BCUT2D eigenvalue weighted by atomic mass is 19.2. The number of carbonyl (C=O) groups is 1. The average Bonchev–Trinajstić information content (AvgIpc) is 3.07. The van der Waals surface area contributed by atoms with Crippen molar-refractivity contribution >= 4 is 5.91 Å². The molecule has 1 aromatic carbocycles. The van der Waals surface area contributed by atoms with Crippen molar-refractivity contribution in [1.82, 2.24) is 9.88 Å². The van der Waals surface area contributed by atoms with Crippen molar-refractivity contribution in [2.45, 2.75) is 18.4 Å². The normalized spacial score (nSPS) is 20.5. The number of halogens is 2. The molecule has 1 amide bonds. The minimum atomic E-state index is -1.02. The Kier molecular flexibility index (Phi) is 4.78. The van der Waals surface area contributed by atoms with Crippen molar-refractivity contribution < 1.29 is 23.0 Å². The third kappa shape index (κ3) is 3.51. The first kappa shape index (κ1) is 17.9. The molecule has 27 heavy (non-hydrogen) atoms. The fourth-order valence-electron chi connectivity index (χ4n) is 3.84. The lowest BCUT2D eigenvalue weighted by atomic mass is 9.79. The highest BCUT2D eigenvalue weighted by Crippen LogP contribution is 2.42. The number of ether oxygens (including phenoxy) is 2. The zero-order valence-electron chi connectivity index (χ0n) is 14.7. The maximum Gasteiger partial charge on any atom is 0.254 e. The van der Waals surface area contributed by atoms with E-state index in [-0.39, 0.29) is 23.0 Å². The molecule has 3 heterocycles. The van der Waals surface area contributed by atoms with Crippen LogP contribution in [-0.4, -0.2) is 47.7 Å². The maximum absolute atomic E-state index is 13.4. The number of hydrogen-bond acceptors (Lipinski definition) is 4. The summed E-state index contributed by atoms with van der Waals surface area (Å²) in [6.07, 6.45) is 3.41. The van der Waals surface area contributed by atoms with Crippen molar-refractivity contribution in [3.8, 4) is 5.88 Å². The van der Waals surface area contributed by atoms with Gasteiger partial charge in [0.25, 0.3) is 5.91 Å². The van der Waals surface area contributed by atoms with Crippen LogP contribution in [0.3, 0.4) is 0 Å². The van der Waals surface area contributed by atoms with E-state index in [0.29, 0.717) is 32.2 Å². The summed E-state index contributed by atoms with van der Waals surface area (Å²) in [5, 5.41) is 0. The van der Waals surface area contributed by atoms with Crippen LogP contribution in [-0.2, 0) is 4.74 Å². The van der Waals surface area contributed by atoms with Gasteiger partial charge < -0.3 is 14.4 Å². The number of aromatic nitrogens is 1. The molecule has 5 nitrogen and oxygen atoms in total. The average molecular weight is 374 g/mol. The number of pyridine rings is 1. The summed E-state index contributed by atoms with van der Waals surface area (Å²) in [6.45, 7) is 2.10. The van der Waals surface area contributed by atoms with Crippen molar-refractivity contribution in [2.24, 2.45) is 5.92 Å². The molecule has 7 heteroatoms. The second-order valence-corrected chi connectivity index (χ2v) is 6.99. The minimum Gasteiger partial charge on any atom is -0.478 e. The summed E-state index contributed by atoms with van der Waals surface area (Å²) in [5.74, 6) is -1.40. The van der Waals surface area contributed by atoms with Crippen LogP contribution < -0.4 is 4.74 Å². The monoisotopic (exact) mass is 374 g/mol. The molecule has 0 N–H and O–H groups in total. The number of rotatable bonds is 5. The van der Waals surface area contributed by atoms with Gasteiger partial charge in [-0.3, -0.25) is 4.79 Å². The minimum absolute atomic E-state index is 0.150. The summed E-state index contributed by atoms with van der Waals surface area (Å²) in [5.41, 5.74) is -0.210. The standard InChI is InChI=1S/C20H20F2N2O3/c21-16-5-4-14(11-17(16)22)19(25)24-12-20(13-24)15(7-10-27-20)6-9-26-18-3-1-2-8-23-18/h1-5,8,11,15H,6-7,9-10,12-13H2. The van der Waals surface area contributed by atoms with Gasteiger partial charge in [-0.25, -0.2) is 13.8 Å². The van der Waals surface area contributed by atoms with E-state index in [0.717, 1.165) is 25.0 Å². The Morgan fingerprint density at radius 3 is 2.85 bits per heavy atom. The van der Waals surface area contributed by atoms with Crippen LogP contribution in [0.25, 0.3) is 0 Å². The van der Waals surface area contributed by atoms with Gasteiger partial charge in [-0.15, -0.1) is 0 Å². The van der Waals surface area contributed by atoms with Gasteiger partial charge in [-0.1, -0.05) is 6.07 Å². The van der Waals surface area contributed by atoms with Crippen LogP contribution in [0.15, 0.2) is 42.6 Å². The van der Waals surface area contributed by atoms with Gasteiger partial charge in [-0.2, -0.15) is 0 Å². The van der Waals surface area contributed by atoms with Crippen LogP contribution in [0.1, 0.15) is 23.2 Å². The van der Waals surface area contributed by atoms with E-state index < -0.39 is 11.6 Å². The van der Waals surface area contributed by atoms with Crippen LogP contribution in [0.5, 0.6) is 5.88 Å². The molecule has 0 radical (unpaired) electrons. The molecule has 1 aromatic heterocycles. The maximum atomic E-state index is 13.4. The molecule has 0 aliphatic carbocycles. The predicted octanol–water partition coefficient (Wildman–Crippen LogP) is 3.06. The van der Waals surface area contributed by atoms with E-state index in [9.17, 15) is 13.6 Å². The Hall–Kier alpha value is -2.54. The van der Waals surface area contributed by atoms with Gasteiger partial charge in [0, 0.05) is 24.4 Å². The van der Waals surface area contributed by atoms with Crippen molar-refractivity contribution in [1.29, 1.82) is 0 Å². The second-order valence-electron chi connectivity index (χ2n) is 6.99. The van der Waals surface area contributed by atoms with Gasteiger partial charge in [0.1, 0.15) is 5.60 Å². The van der Waals surface area contributed by atoms with Crippen molar-refractivity contribution in [3.05, 3.63) is 59.8 Å². The lowest BCUT2D eigenvalue weighted by Gasteiger charge is -2.50. The predicted molar refractivity (Wildman–Crippen MR) is 93.4 cm³/mol. The van der Waals surface area contributed by atoms with Gasteiger partial charge >= 0.3 is 0 Å². The lowest BCUT2D eigenvalue weighted by molar-refractivity contribution is -0.119. The Morgan fingerprint density at radius 1 is 1.26 bits per heavy atom. The number of nitrogens with zero attached hydrogens (tertiary/aromatic N) is 2. The molecule has 4 rings (SSSR count). The fraction of sp³-hybridized carbons (Fsp3) is 0.400. The fourth-order valence-corrected chi connectivity index (χ4v) is 3.84. The molecule has 1 spiro atoms. The number of likely N-dealkylation sites (tertiary alicyclic amines) is 1. The van der Waals surface area contributed by atoms with E-state index >= 15 is 0 Å². The van der Waals surface area contributed by atoms with Gasteiger partial charge in [0.15, 0.2) is 11.6 Å². The summed E-state index contributed by atoms with van der Waals surface area (Å²) < 4.78 is 38.1. The SMILES string of the molecule is O=C(c1ccc(F)c(F)c1)N1CC2(C1)OCCC2CCOc1ccccn1. The van der Waals surface area contributed by atoms with E-state index in [1.165, 1.54) is 6.07 Å². The van der Waals surface area contributed by atoms with E-state index in [1.807, 2.05) is 18.2 Å².